The first kappa shape index (κ1) is 15.4. The minimum Gasteiger partial charge on any atom is -0.497 e. The van der Waals surface area contributed by atoms with Gasteiger partial charge in [-0.25, -0.2) is 4.98 Å². The van der Waals surface area contributed by atoms with Crippen molar-refractivity contribution in [2.24, 2.45) is 0 Å². The molecule has 5 nitrogen and oxygen atoms in total. The number of rotatable bonds is 4. The number of nitrogens with zero attached hydrogens (tertiary/aromatic N) is 3. The molecule has 0 spiro atoms. The van der Waals surface area contributed by atoms with E-state index in [0.717, 1.165) is 0 Å². The Labute approximate surface area is 145 Å². The monoisotopic (exact) mass is 333 g/mol. The van der Waals surface area contributed by atoms with Crippen molar-refractivity contribution in [2.75, 3.05) is 18.6 Å². The molecule has 0 N–H and O–H groups in total. The highest BCUT2D eigenvalue weighted by molar-refractivity contribution is 5.80. The molecule has 25 heavy (non-hydrogen) atoms. The highest BCUT2D eigenvalue weighted by atomic mass is 16.5. The molecule has 0 bridgehead atoms. The first-order valence-electron chi connectivity index (χ1n) is 8.23. The van der Waals surface area contributed by atoms with Crippen LogP contribution in [0.1, 0.15) is 11.6 Å². The average Bonchev–Trinajstić information content (AvgIpc) is 3.00. The van der Waals surface area contributed by atoms with Crippen molar-refractivity contribution in [3.05, 3.63) is 77.1 Å². The Morgan fingerprint density at radius 3 is 2.80 bits per heavy atom. The lowest BCUT2D eigenvalue weighted by Gasteiger charge is -2.17. The molecule has 0 amide bonds. The highest BCUT2D eigenvalue weighted by Crippen LogP contribution is 2.30. The Bertz CT molecular complexity index is 995. The van der Waals surface area contributed by atoms with Gasteiger partial charge < -0.3 is 9.64 Å². The van der Waals surface area contributed by atoms with E-state index in [4.69, 9.17) is 9.72 Å². The Hall–Kier alpha value is -3.08. The molecule has 1 atom stereocenters. The van der Waals surface area contributed by atoms with Gasteiger partial charge in [0.2, 0.25) is 5.95 Å². The van der Waals surface area contributed by atoms with E-state index in [0.29, 0.717) is 35.7 Å². The fourth-order valence-corrected chi connectivity index (χ4v) is 3.32. The third-order valence-electron chi connectivity index (χ3n) is 4.60. The SMILES string of the molecule is C=C[C@@H]1CN(Cc2ccccc2)c2nc3cc(OC)ccc3c(=O)n21. The van der Waals surface area contributed by atoms with Crippen molar-refractivity contribution in [3.8, 4) is 5.75 Å². The van der Waals surface area contributed by atoms with Crippen molar-refractivity contribution in [2.45, 2.75) is 12.6 Å². The molecule has 3 aromatic rings. The van der Waals surface area contributed by atoms with E-state index in [9.17, 15) is 4.79 Å². The van der Waals surface area contributed by atoms with E-state index < -0.39 is 0 Å². The van der Waals surface area contributed by atoms with Crippen LogP contribution < -0.4 is 15.2 Å². The molecule has 126 valence electrons. The predicted octanol–water partition coefficient (Wildman–Crippen LogP) is 3.15. The molecule has 0 aliphatic carbocycles. The quantitative estimate of drug-likeness (QED) is 0.688. The van der Waals surface area contributed by atoms with E-state index in [1.54, 1.807) is 29.9 Å². The predicted molar refractivity (Wildman–Crippen MR) is 99.3 cm³/mol. The summed E-state index contributed by atoms with van der Waals surface area (Å²) in [5, 5.41) is 0.595. The van der Waals surface area contributed by atoms with Gasteiger partial charge in [0.1, 0.15) is 5.75 Å². The van der Waals surface area contributed by atoms with Crippen LogP contribution in [-0.2, 0) is 6.54 Å². The Morgan fingerprint density at radius 2 is 2.08 bits per heavy atom. The lowest BCUT2D eigenvalue weighted by molar-refractivity contribution is 0.415. The summed E-state index contributed by atoms with van der Waals surface area (Å²) in [4.78, 5) is 19.9. The first-order chi connectivity index (χ1) is 12.2. The summed E-state index contributed by atoms with van der Waals surface area (Å²) in [6, 6.07) is 15.5. The summed E-state index contributed by atoms with van der Waals surface area (Å²) in [6.07, 6.45) is 1.81. The second-order valence-corrected chi connectivity index (χ2v) is 6.14. The van der Waals surface area contributed by atoms with E-state index in [2.05, 4.69) is 23.6 Å². The van der Waals surface area contributed by atoms with Crippen LogP contribution in [0.3, 0.4) is 0 Å². The Morgan fingerprint density at radius 1 is 1.28 bits per heavy atom. The molecular weight excluding hydrogens is 314 g/mol. The summed E-state index contributed by atoms with van der Waals surface area (Å²) in [5.41, 5.74) is 1.79. The second-order valence-electron chi connectivity index (χ2n) is 6.14. The fraction of sp³-hybridized carbons (Fsp3) is 0.200. The van der Waals surface area contributed by atoms with Gasteiger partial charge in [0.15, 0.2) is 0 Å². The van der Waals surface area contributed by atoms with E-state index >= 15 is 0 Å². The highest BCUT2D eigenvalue weighted by Gasteiger charge is 2.29. The van der Waals surface area contributed by atoms with Crippen LogP contribution in [0.5, 0.6) is 5.75 Å². The maximum Gasteiger partial charge on any atom is 0.263 e. The number of benzene rings is 2. The van der Waals surface area contributed by atoms with Crippen LogP contribution in [0.15, 0.2) is 66.0 Å². The maximum absolute atomic E-state index is 13.0. The Kier molecular flexibility index (Phi) is 3.76. The lowest BCUT2D eigenvalue weighted by atomic mass is 10.2. The molecule has 0 unspecified atom stereocenters. The molecule has 4 rings (SSSR count). The molecule has 5 heteroatoms. The van der Waals surface area contributed by atoms with Gasteiger partial charge in [-0.2, -0.15) is 0 Å². The van der Waals surface area contributed by atoms with Crippen molar-refractivity contribution in [3.63, 3.8) is 0 Å². The Balaban J connectivity index is 1.86. The van der Waals surface area contributed by atoms with Crippen molar-refractivity contribution in [1.29, 1.82) is 0 Å². The molecule has 2 aromatic carbocycles. The molecule has 0 saturated carbocycles. The van der Waals surface area contributed by atoms with E-state index in [-0.39, 0.29) is 11.6 Å². The van der Waals surface area contributed by atoms with E-state index in [1.807, 2.05) is 24.3 Å². The van der Waals surface area contributed by atoms with Crippen molar-refractivity contribution < 1.29 is 4.74 Å². The largest absolute Gasteiger partial charge is 0.497 e. The minimum atomic E-state index is -0.0785. The summed E-state index contributed by atoms with van der Waals surface area (Å²) < 4.78 is 7.01. The topological polar surface area (TPSA) is 47.4 Å². The number of hydrogen-bond acceptors (Lipinski definition) is 4. The summed E-state index contributed by atoms with van der Waals surface area (Å²) >= 11 is 0. The first-order valence-corrected chi connectivity index (χ1v) is 8.23. The van der Waals surface area contributed by atoms with Crippen LogP contribution in [0.2, 0.25) is 0 Å². The van der Waals surface area contributed by atoms with Gasteiger partial charge in [0.05, 0.1) is 24.1 Å². The zero-order valence-corrected chi connectivity index (χ0v) is 14.1. The summed E-state index contributed by atoms with van der Waals surface area (Å²) in [6.45, 7) is 5.29. The number of methoxy groups -OCH3 is 1. The fourth-order valence-electron chi connectivity index (χ4n) is 3.32. The van der Waals surface area contributed by atoms with Gasteiger partial charge in [-0.1, -0.05) is 36.4 Å². The summed E-state index contributed by atoms with van der Waals surface area (Å²) in [7, 11) is 1.61. The van der Waals surface area contributed by atoms with Gasteiger partial charge in [0, 0.05) is 19.2 Å². The zero-order chi connectivity index (χ0) is 17.4. The van der Waals surface area contributed by atoms with Gasteiger partial charge >= 0.3 is 0 Å². The van der Waals surface area contributed by atoms with Gasteiger partial charge in [0.25, 0.3) is 5.56 Å². The molecular formula is C20H19N3O2. The average molecular weight is 333 g/mol. The number of anilines is 1. The lowest BCUT2D eigenvalue weighted by Crippen LogP contribution is -2.23. The van der Waals surface area contributed by atoms with Crippen molar-refractivity contribution >= 4 is 16.9 Å². The van der Waals surface area contributed by atoms with E-state index in [1.165, 1.54) is 5.56 Å². The molecule has 0 fully saturated rings. The number of hydrogen-bond donors (Lipinski definition) is 0. The molecule has 0 radical (unpaired) electrons. The zero-order valence-electron chi connectivity index (χ0n) is 14.1. The molecule has 1 aliphatic heterocycles. The van der Waals surface area contributed by atoms with Crippen molar-refractivity contribution in [1.82, 2.24) is 9.55 Å². The maximum atomic E-state index is 13.0. The number of aromatic nitrogens is 2. The van der Waals surface area contributed by atoms with Crippen LogP contribution in [-0.4, -0.2) is 23.2 Å². The number of ether oxygens (including phenoxy) is 1. The summed E-state index contributed by atoms with van der Waals surface area (Å²) in [5.74, 6) is 1.37. The minimum absolute atomic E-state index is 0.0388. The van der Waals surface area contributed by atoms with Crippen LogP contribution in [0.25, 0.3) is 10.9 Å². The molecule has 1 aromatic heterocycles. The standard InChI is InChI=1S/C20H19N3O2/c1-3-15-13-22(12-14-7-5-4-6-8-14)20-21-18-11-16(25-2)9-10-17(18)19(24)23(15)20/h3-11,15H,1,12-13H2,2H3/t15-/m1/s1. The van der Waals surface area contributed by atoms with Gasteiger partial charge in [-0.3, -0.25) is 9.36 Å². The smallest absolute Gasteiger partial charge is 0.263 e. The molecule has 0 saturated heterocycles. The normalized spacial score (nSPS) is 16.0. The van der Waals surface area contributed by atoms with Crippen LogP contribution in [0.4, 0.5) is 5.95 Å². The second kappa shape index (κ2) is 6.09. The molecule has 2 heterocycles. The van der Waals surface area contributed by atoms with Crippen LogP contribution >= 0.6 is 0 Å². The third kappa shape index (κ3) is 2.58. The number of fused-ring (bicyclic) bond motifs is 2. The van der Waals surface area contributed by atoms with Gasteiger partial charge in [-0.15, -0.1) is 6.58 Å². The van der Waals surface area contributed by atoms with Gasteiger partial charge in [-0.05, 0) is 17.7 Å². The van der Waals surface area contributed by atoms with Crippen LogP contribution in [0, 0.1) is 0 Å². The molecule has 1 aliphatic rings. The third-order valence-corrected chi connectivity index (χ3v) is 4.60.